The molecule has 0 aliphatic carbocycles. The molecule has 1 atom stereocenters. The van der Waals surface area contributed by atoms with E-state index in [9.17, 15) is 13.2 Å². The molecule has 2 heterocycles. The predicted molar refractivity (Wildman–Crippen MR) is 75.3 cm³/mol. The van der Waals surface area contributed by atoms with Crippen molar-refractivity contribution in [2.75, 3.05) is 19.7 Å². The van der Waals surface area contributed by atoms with Gasteiger partial charge in [0.25, 0.3) is 5.56 Å². The molecule has 1 aliphatic heterocycles. The first-order valence-corrected chi connectivity index (χ1v) is 8.26. The van der Waals surface area contributed by atoms with Crippen molar-refractivity contribution in [3.63, 3.8) is 0 Å². The number of pyridine rings is 1. The highest BCUT2D eigenvalue weighted by atomic mass is 35.5. The van der Waals surface area contributed by atoms with Gasteiger partial charge >= 0.3 is 0 Å². The molecule has 1 unspecified atom stereocenters. The Balaban J connectivity index is 2.25. The smallest absolute Gasteiger partial charge is 0.266 e. The summed E-state index contributed by atoms with van der Waals surface area (Å²) in [6, 6.07) is 1.17. The molecule has 8 heteroatoms. The Morgan fingerprint density at radius 2 is 2.25 bits per heavy atom. The lowest BCUT2D eigenvalue weighted by Gasteiger charge is -2.31. The van der Waals surface area contributed by atoms with Crippen LogP contribution in [0.4, 0.5) is 0 Å². The Morgan fingerprint density at radius 3 is 2.90 bits per heavy atom. The Labute approximate surface area is 122 Å². The van der Waals surface area contributed by atoms with Crippen molar-refractivity contribution in [2.24, 2.45) is 5.92 Å². The molecule has 1 aliphatic rings. The van der Waals surface area contributed by atoms with E-state index in [2.05, 4.69) is 4.98 Å². The first kappa shape index (κ1) is 15.5. The quantitative estimate of drug-likeness (QED) is 0.859. The summed E-state index contributed by atoms with van der Waals surface area (Å²) in [4.78, 5) is 13.5. The number of nitrogens with zero attached hydrogens (tertiary/aromatic N) is 1. The van der Waals surface area contributed by atoms with Crippen LogP contribution < -0.4 is 5.56 Å². The molecule has 0 aromatic carbocycles. The molecule has 1 aromatic rings. The highest BCUT2D eigenvalue weighted by Gasteiger charge is 2.30. The van der Waals surface area contributed by atoms with Crippen LogP contribution in [0.3, 0.4) is 0 Å². The SMILES string of the molecule is O=c1[nH]cc(S(=O)(=O)N2CCCC(CCO)C2)cc1Cl. The van der Waals surface area contributed by atoms with E-state index in [0.717, 1.165) is 12.8 Å². The maximum Gasteiger partial charge on any atom is 0.266 e. The third-order valence-electron chi connectivity index (χ3n) is 3.49. The van der Waals surface area contributed by atoms with Gasteiger partial charge in [0.1, 0.15) is 5.02 Å². The molecule has 0 bridgehead atoms. The van der Waals surface area contributed by atoms with Crippen molar-refractivity contribution in [1.29, 1.82) is 0 Å². The fourth-order valence-electron chi connectivity index (χ4n) is 2.40. The summed E-state index contributed by atoms with van der Waals surface area (Å²) >= 11 is 5.68. The maximum atomic E-state index is 12.5. The van der Waals surface area contributed by atoms with Crippen LogP contribution in [-0.4, -0.2) is 42.5 Å². The molecule has 20 heavy (non-hydrogen) atoms. The normalized spacial score (nSPS) is 21.0. The number of aromatic nitrogens is 1. The average Bonchev–Trinajstić information content (AvgIpc) is 2.42. The number of sulfonamides is 1. The number of aliphatic hydroxyl groups excluding tert-OH is 1. The molecular weight excluding hydrogens is 304 g/mol. The van der Waals surface area contributed by atoms with Gasteiger partial charge in [-0.25, -0.2) is 8.42 Å². The third-order valence-corrected chi connectivity index (χ3v) is 5.61. The van der Waals surface area contributed by atoms with Gasteiger partial charge in [0.05, 0.1) is 4.90 Å². The van der Waals surface area contributed by atoms with E-state index in [0.29, 0.717) is 19.5 Å². The molecule has 0 saturated carbocycles. The minimum Gasteiger partial charge on any atom is -0.396 e. The largest absolute Gasteiger partial charge is 0.396 e. The van der Waals surface area contributed by atoms with E-state index in [1.165, 1.54) is 16.6 Å². The highest BCUT2D eigenvalue weighted by molar-refractivity contribution is 7.89. The van der Waals surface area contributed by atoms with Gasteiger partial charge in [-0.15, -0.1) is 0 Å². The Bertz CT molecular complexity index is 627. The topological polar surface area (TPSA) is 90.5 Å². The number of rotatable bonds is 4. The second-order valence-electron chi connectivity index (χ2n) is 4.90. The van der Waals surface area contributed by atoms with E-state index in [1.807, 2.05) is 0 Å². The minimum atomic E-state index is -3.66. The Morgan fingerprint density at radius 1 is 1.50 bits per heavy atom. The number of aromatic amines is 1. The summed E-state index contributed by atoms with van der Waals surface area (Å²) in [7, 11) is -3.66. The van der Waals surface area contributed by atoms with E-state index in [4.69, 9.17) is 16.7 Å². The predicted octanol–water partition coefficient (Wildman–Crippen LogP) is 0.811. The van der Waals surface area contributed by atoms with Gasteiger partial charge in [-0.1, -0.05) is 11.6 Å². The van der Waals surface area contributed by atoms with Crippen LogP contribution in [-0.2, 0) is 10.0 Å². The summed E-state index contributed by atoms with van der Waals surface area (Å²) < 4.78 is 26.4. The molecule has 112 valence electrons. The van der Waals surface area contributed by atoms with Crippen molar-refractivity contribution in [3.05, 3.63) is 27.6 Å². The maximum absolute atomic E-state index is 12.5. The van der Waals surface area contributed by atoms with Gasteiger partial charge in [-0.2, -0.15) is 4.31 Å². The van der Waals surface area contributed by atoms with Crippen molar-refractivity contribution >= 4 is 21.6 Å². The summed E-state index contributed by atoms with van der Waals surface area (Å²) in [6.07, 6.45) is 3.44. The van der Waals surface area contributed by atoms with Crippen molar-refractivity contribution in [3.8, 4) is 0 Å². The summed E-state index contributed by atoms with van der Waals surface area (Å²) in [5.74, 6) is 0.168. The zero-order valence-electron chi connectivity index (χ0n) is 10.9. The summed E-state index contributed by atoms with van der Waals surface area (Å²) in [5.41, 5.74) is -0.512. The molecule has 2 rings (SSSR count). The molecule has 1 fully saturated rings. The number of hydrogen-bond acceptors (Lipinski definition) is 4. The van der Waals surface area contributed by atoms with E-state index in [1.54, 1.807) is 0 Å². The lowest BCUT2D eigenvalue weighted by molar-refractivity contribution is 0.203. The van der Waals surface area contributed by atoms with Crippen molar-refractivity contribution in [2.45, 2.75) is 24.2 Å². The second kappa shape index (κ2) is 6.26. The van der Waals surface area contributed by atoms with Crippen molar-refractivity contribution < 1.29 is 13.5 Å². The Kier molecular flexibility index (Phi) is 4.85. The lowest BCUT2D eigenvalue weighted by atomic mass is 9.97. The summed E-state index contributed by atoms with van der Waals surface area (Å²) in [6.45, 7) is 0.893. The molecule has 2 N–H and O–H groups in total. The monoisotopic (exact) mass is 320 g/mol. The fourth-order valence-corrected chi connectivity index (χ4v) is 4.19. The number of aliphatic hydroxyl groups is 1. The highest BCUT2D eigenvalue weighted by Crippen LogP contribution is 2.25. The number of halogens is 1. The van der Waals surface area contributed by atoms with Crippen LogP contribution in [0.25, 0.3) is 0 Å². The first-order chi connectivity index (χ1) is 9.45. The zero-order chi connectivity index (χ0) is 14.8. The molecule has 0 radical (unpaired) electrons. The Hall–Kier alpha value is -0.890. The number of hydrogen-bond donors (Lipinski definition) is 2. The number of nitrogens with one attached hydrogen (secondary N) is 1. The lowest BCUT2D eigenvalue weighted by Crippen LogP contribution is -2.40. The third kappa shape index (κ3) is 3.22. The van der Waals surface area contributed by atoms with Gasteiger partial charge in [0, 0.05) is 25.9 Å². The standard InChI is InChI=1S/C12H17ClN2O4S/c13-11-6-10(7-14-12(11)17)20(18,19)15-4-1-2-9(8-15)3-5-16/h6-7,9,16H,1-5,8H2,(H,14,17). The molecule has 1 aromatic heterocycles. The van der Waals surface area contributed by atoms with E-state index in [-0.39, 0.29) is 22.4 Å². The van der Waals surface area contributed by atoms with Gasteiger partial charge in [-0.3, -0.25) is 4.79 Å². The molecule has 0 spiro atoms. The van der Waals surface area contributed by atoms with Crippen LogP contribution >= 0.6 is 11.6 Å². The van der Waals surface area contributed by atoms with E-state index >= 15 is 0 Å². The summed E-state index contributed by atoms with van der Waals surface area (Å²) in [5, 5.41) is 8.82. The second-order valence-corrected chi connectivity index (χ2v) is 7.24. The number of H-pyrrole nitrogens is 1. The van der Waals surface area contributed by atoms with Crippen LogP contribution in [0.1, 0.15) is 19.3 Å². The zero-order valence-corrected chi connectivity index (χ0v) is 12.5. The molecule has 6 nitrogen and oxygen atoms in total. The van der Waals surface area contributed by atoms with Gasteiger partial charge in [-0.05, 0) is 31.2 Å². The van der Waals surface area contributed by atoms with Crippen LogP contribution in [0.15, 0.2) is 22.0 Å². The van der Waals surface area contributed by atoms with Crippen LogP contribution in [0, 0.1) is 5.92 Å². The molecule has 1 saturated heterocycles. The number of piperidine rings is 1. The van der Waals surface area contributed by atoms with Crippen LogP contribution in [0.2, 0.25) is 5.02 Å². The van der Waals surface area contributed by atoms with E-state index < -0.39 is 15.6 Å². The molecule has 0 amide bonds. The first-order valence-electron chi connectivity index (χ1n) is 6.44. The van der Waals surface area contributed by atoms with Gasteiger partial charge < -0.3 is 10.1 Å². The molecular formula is C12H17ClN2O4S. The van der Waals surface area contributed by atoms with Gasteiger partial charge in [0.15, 0.2) is 0 Å². The van der Waals surface area contributed by atoms with Crippen molar-refractivity contribution in [1.82, 2.24) is 9.29 Å². The average molecular weight is 321 g/mol. The van der Waals surface area contributed by atoms with Gasteiger partial charge in [0.2, 0.25) is 10.0 Å². The minimum absolute atomic E-state index is 0.00764. The van der Waals surface area contributed by atoms with Crippen LogP contribution in [0.5, 0.6) is 0 Å². The fraction of sp³-hybridized carbons (Fsp3) is 0.583.